The largest absolute Gasteiger partial charge is 0.394 e. The molecule has 1 heterocycles. The van der Waals surface area contributed by atoms with E-state index in [4.69, 9.17) is 10.8 Å². The van der Waals surface area contributed by atoms with E-state index in [9.17, 15) is 4.79 Å². The van der Waals surface area contributed by atoms with Gasteiger partial charge in [-0.3, -0.25) is 4.79 Å². The molecule has 0 radical (unpaired) electrons. The summed E-state index contributed by atoms with van der Waals surface area (Å²) in [6, 6.07) is 0. The Morgan fingerprint density at radius 3 is 2.73 bits per heavy atom. The number of likely N-dealkylation sites (N-methyl/N-ethyl adjacent to an activating group) is 1. The van der Waals surface area contributed by atoms with Crippen LogP contribution < -0.4 is 5.73 Å². The van der Waals surface area contributed by atoms with Crippen LogP contribution in [0.15, 0.2) is 5.38 Å². The maximum absolute atomic E-state index is 11.9. The molecule has 0 fully saturated rings. The van der Waals surface area contributed by atoms with Crippen LogP contribution in [0, 0.1) is 0 Å². The fourth-order valence-electron chi connectivity index (χ4n) is 0.939. The van der Waals surface area contributed by atoms with Gasteiger partial charge in [0.2, 0.25) is 0 Å². The standard InChI is InChI=1S/C9H15N3O2S/c1-9(2,5-13)12(3)7(14)6-4-15-8(10)11-6/h4,13H,5H2,1-3H3,(H2,10,11). The number of aromatic nitrogens is 1. The molecule has 1 amide bonds. The van der Waals surface area contributed by atoms with Gasteiger partial charge in [-0.15, -0.1) is 11.3 Å². The summed E-state index contributed by atoms with van der Waals surface area (Å²) < 4.78 is 0. The van der Waals surface area contributed by atoms with Crippen LogP contribution in [0.4, 0.5) is 5.13 Å². The predicted molar refractivity (Wildman–Crippen MR) is 59.8 cm³/mol. The summed E-state index contributed by atoms with van der Waals surface area (Å²) in [6.45, 7) is 3.45. The zero-order valence-electron chi connectivity index (χ0n) is 9.02. The lowest BCUT2D eigenvalue weighted by Gasteiger charge is -2.33. The number of anilines is 1. The molecule has 84 valence electrons. The third-order valence-corrected chi connectivity index (χ3v) is 3.01. The number of hydrogen-bond acceptors (Lipinski definition) is 5. The van der Waals surface area contributed by atoms with E-state index in [0.717, 1.165) is 0 Å². The highest BCUT2D eigenvalue weighted by Gasteiger charge is 2.28. The van der Waals surface area contributed by atoms with Gasteiger partial charge in [-0.05, 0) is 13.8 Å². The van der Waals surface area contributed by atoms with Crippen molar-refractivity contribution in [1.29, 1.82) is 0 Å². The lowest BCUT2D eigenvalue weighted by molar-refractivity contribution is 0.0468. The van der Waals surface area contributed by atoms with Gasteiger partial charge in [-0.2, -0.15) is 0 Å². The van der Waals surface area contributed by atoms with E-state index in [1.807, 2.05) is 0 Å². The van der Waals surface area contributed by atoms with Crippen molar-refractivity contribution in [2.24, 2.45) is 0 Å². The van der Waals surface area contributed by atoms with Crippen LogP contribution in [0.3, 0.4) is 0 Å². The summed E-state index contributed by atoms with van der Waals surface area (Å²) in [5.41, 5.74) is 5.16. The van der Waals surface area contributed by atoms with E-state index in [1.165, 1.54) is 16.2 Å². The number of hydrogen-bond donors (Lipinski definition) is 2. The fraction of sp³-hybridized carbons (Fsp3) is 0.556. The minimum Gasteiger partial charge on any atom is -0.394 e. The molecule has 0 saturated carbocycles. The SMILES string of the molecule is CN(C(=O)c1csc(N)n1)C(C)(C)CO. The number of amides is 1. The van der Waals surface area contributed by atoms with Crippen molar-refractivity contribution in [2.45, 2.75) is 19.4 Å². The van der Waals surface area contributed by atoms with Crippen LogP contribution >= 0.6 is 11.3 Å². The molecular weight excluding hydrogens is 214 g/mol. The Hall–Kier alpha value is -1.14. The van der Waals surface area contributed by atoms with Crippen molar-refractivity contribution in [3.05, 3.63) is 11.1 Å². The summed E-state index contributed by atoms with van der Waals surface area (Å²) in [7, 11) is 1.63. The Labute approximate surface area is 92.5 Å². The van der Waals surface area contributed by atoms with Gasteiger partial charge in [-0.1, -0.05) is 0 Å². The van der Waals surface area contributed by atoms with Crippen molar-refractivity contribution in [2.75, 3.05) is 19.4 Å². The van der Waals surface area contributed by atoms with Gasteiger partial charge in [-0.25, -0.2) is 4.98 Å². The van der Waals surface area contributed by atoms with Crippen LogP contribution in [0.25, 0.3) is 0 Å². The quantitative estimate of drug-likeness (QED) is 0.794. The third kappa shape index (κ3) is 2.45. The minimum absolute atomic E-state index is 0.102. The van der Waals surface area contributed by atoms with Gasteiger partial charge in [0.1, 0.15) is 5.69 Å². The fourth-order valence-corrected chi connectivity index (χ4v) is 1.48. The first kappa shape index (κ1) is 11.9. The predicted octanol–water partition coefficient (Wildman–Crippen LogP) is 0.568. The Kier molecular flexibility index (Phi) is 3.31. The molecule has 0 unspecified atom stereocenters. The van der Waals surface area contributed by atoms with Crippen LogP contribution in [-0.2, 0) is 0 Å². The number of carbonyl (C=O) groups excluding carboxylic acids is 1. The van der Waals surface area contributed by atoms with Crippen molar-refractivity contribution in [3.63, 3.8) is 0 Å². The Balaban J connectivity index is 2.86. The molecule has 0 aliphatic carbocycles. The van der Waals surface area contributed by atoms with Crippen LogP contribution in [0.2, 0.25) is 0 Å². The number of nitrogen functional groups attached to an aromatic ring is 1. The Morgan fingerprint density at radius 1 is 1.73 bits per heavy atom. The Morgan fingerprint density at radius 2 is 2.33 bits per heavy atom. The molecule has 1 rings (SSSR count). The minimum atomic E-state index is -0.602. The highest BCUT2D eigenvalue weighted by Crippen LogP contribution is 2.17. The summed E-state index contributed by atoms with van der Waals surface area (Å²) in [5, 5.41) is 11.1. The normalized spacial score (nSPS) is 11.5. The second-order valence-corrected chi connectivity index (χ2v) is 4.80. The molecule has 0 bridgehead atoms. The number of carbonyl (C=O) groups is 1. The molecule has 0 aliphatic rings. The van der Waals surface area contributed by atoms with Gasteiger partial charge < -0.3 is 15.7 Å². The molecule has 5 nitrogen and oxygen atoms in total. The molecule has 0 aromatic carbocycles. The van der Waals surface area contributed by atoms with E-state index in [2.05, 4.69) is 4.98 Å². The maximum Gasteiger partial charge on any atom is 0.273 e. The highest BCUT2D eigenvalue weighted by atomic mass is 32.1. The number of nitrogens with two attached hydrogens (primary N) is 1. The maximum atomic E-state index is 11.9. The van der Waals surface area contributed by atoms with Crippen molar-refractivity contribution >= 4 is 22.4 Å². The molecule has 1 aromatic rings. The molecule has 0 aliphatic heterocycles. The third-order valence-electron chi connectivity index (χ3n) is 2.34. The van der Waals surface area contributed by atoms with Gasteiger partial charge in [0.25, 0.3) is 5.91 Å². The zero-order valence-corrected chi connectivity index (χ0v) is 9.84. The van der Waals surface area contributed by atoms with Crippen molar-refractivity contribution < 1.29 is 9.90 Å². The molecule has 0 atom stereocenters. The second kappa shape index (κ2) is 4.16. The summed E-state index contributed by atoms with van der Waals surface area (Å²) in [6.07, 6.45) is 0. The summed E-state index contributed by atoms with van der Waals surface area (Å²) in [5.74, 6) is -0.234. The highest BCUT2D eigenvalue weighted by molar-refractivity contribution is 7.13. The average Bonchev–Trinajstić information content (AvgIpc) is 2.62. The number of rotatable bonds is 3. The molecule has 1 aromatic heterocycles. The second-order valence-electron chi connectivity index (χ2n) is 3.91. The van der Waals surface area contributed by atoms with E-state index in [1.54, 1.807) is 26.3 Å². The number of aliphatic hydroxyl groups excluding tert-OH is 1. The first-order chi connectivity index (χ1) is 6.88. The smallest absolute Gasteiger partial charge is 0.273 e. The summed E-state index contributed by atoms with van der Waals surface area (Å²) in [4.78, 5) is 17.2. The van der Waals surface area contributed by atoms with Crippen LogP contribution in [0.1, 0.15) is 24.3 Å². The number of thiazole rings is 1. The van der Waals surface area contributed by atoms with E-state index < -0.39 is 5.54 Å². The van der Waals surface area contributed by atoms with Crippen LogP contribution in [0.5, 0.6) is 0 Å². The van der Waals surface area contributed by atoms with Crippen LogP contribution in [-0.4, -0.2) is 40.1 Å². The molecule has 6 heteroatoms. The number of aliphatic hydroxyl groups is 1. The Bertz CT molecular complexity index is 362. The van der Waals surface area contributed by atoms with Crippen molar-refractivity contribution in [1.82, 2.24) is 9.88 Å². The van der Waals surface area contributed by atoms with Crippen molar-refractivity contribution in [3.8, 4) is 0 Å². The first-order valence-electron chi connectivity index (χ1n) is 4.48. The monoisotopic (exact) mass is 229 g/mol. The first-order valence-corrected chi connectivity index (χ1v) is 5.36. The molecule has 0 spiro atoms. The zero-order chi connectivity index (χ0) is 11.6. The molecule has 0 saturated heterocycles. The van der Waals surface area contributed by atoms with E-state index in [-0.39, 0.29) is 12.5 Å². The van der Waals surface area contributed by atoms with E-state index in [0.29, 0.717) is 10.8 Å². The van der Waals surface area contributed by atoms with E-state index >= 15 is 0 Å². The van der Waals surface area contributed by atoms with Gasteiger partial charge in [0.15, 0.2) is 5.13 Å². The summed E-state index contributed by atoms with van der Waals surface area (Å²) >= 11 is 1.23. The average molecular weight is 229 g/mol. The molecule has 3 N–H and O–H groups in total. The van der Waals surface area contributed by atoms with Gasteiger partial charge in [0.05, 0.1) is 12.1 Å². The lowest BCUT2D eigenvalue weighted by Crippen LogP contribution is -2.47. The van der Waals surface area contributed by atoms with Gasteiger partial charge in [0, 0.05) is 12.4 Å². The topological polar surface area (TPSA) is 79.5 Å². The number of nitrogens with zero attached hydrogens (tertiary/aromatic N) is 2. The van der Waals surface area contributed by atoms with Gasteiger partial charge >= 0.3 is 0 Å². The molecule has 15 heavy (non-hydrogen) atoms. The lowest BCUT2D eigenvalue weighted by atomic mass is 10.1. The molecular formula is C9H15N3O2S.